The van der Waals surface area contributed by atoms with Gasteiger partial charge in [0.1, 0.15) is 0 Å². The third-order valence-electron chi connectivity index (χ3n) is 4.14. The number of nitrogens with one attached hydrogen (secondary N) is 1. The standard InChI is InChI=1S/C19H17F3N2O4/c1-12(25)24(15-6-7-16-17(10-15)28-11-27-16)9-8-23-18(26)13-2-4-14(5-3-13)19(20,21)22/h2-7,10H,8-9,11H2,1H3,(H,23,26). The van der Waals surface area contributed by atoms with Crippen LogP contribution in [0.25, 0.3) is 0 Å². The van der Waals surface area contributed by atoms with Crippen molar-refractivity contribution in [1.29, 1.82) is 0 Å². The molecule has 1 aliphatic heterocycles. The maximum atomic E-state index is 12.6. The van der Waals surface area contributed by atoms with Crippen molar-refractivity contribution in [3.8, 4) is 11.5 Å². The molecular weight excluding hydrogens is 377 g/mol. The third kappa shape index (κ3) is 4.36. The van der Waals surface area contributed by atoms with E-state index in [9.17, 15) is 22.8 Å². The summed E-state index contributed by atoms with van der Waals surface area (Å²) in [5.41, 5.74) is -0.138. The molecule has 0 aliphatic carbocycles. The fraction of sp³-hybridized carbons (Fsp3) is 0.263. The van der Waals surface area contributed by atoms with E-state index in [-0.39, 0.29) is 31.4 Å². The zero-order chi connectivity index (χ0) is 20.3. The Bertz CT molecular complexity index is 882. The number of halogens is 3. The van der Waals surface area contributed by atoms with E-state index in [0.29, 0.717) is 17.2 Å². The lowest BCUT2D eigenvalue weighted by Gasteiger charge is -2.21. The van der Waals surface area contributed by atoms with Crippen LogP contribution in [-0.4, -0.2) is 31.7 Å². The van der Waals surface area contributed by atoms with Crippen molar-refractivity contribution >= 4 is 17.5 Å². The molecule has 0 radical (unpaired) electrons. The minimum absolute atomic E-state index is 0.102. The summed E-state index contributed by atoms with van der Waals surface area (Å²) in [7, 11) is 0. The number of carbonyl (C=O) groups is 2. The molecule has 0 aromatic heterocycles. The van der Waals surface area contributed by atoms with Crippen LogP contribution in [0.15, 0.2) is 42.5 Å². The Labute approximate surface area is 158 Å². The van der Waals surface area contributed by atoms with Crippen LogP contribution >= 0.6 is 0 Å². The van der Waals surface area contributed by atoms with Crippen LogP contribution in [0.2, 0.25) is 0 Å². The lowest BCUT2D eigenvalue weighted by molar-refractivity contribution is -0.137. The Hall–Kier alpha value is -3.23. The van der Waals surface area contributed by atoms with Crippen LogP contribution < -0.4 is 19.7 Å². The highest BCUT2D eigenvalue weighted by Crippen LogP contribution is 2.35. The normalized spacial score (nSPS) is 12.6. The molecule has 148 valence electrons. The highest BCUT2D eigenvalue weighted by atomic mass is 19.4. The fourth-order valence-electron chi connectivity index (χ4n) is 2.72. The van der Waals surface area contributed by atoms with E-state index in [0.717, 1.165) is 24.3 Å². The van der Waals surface area contributed by atoms with Gasteiger partial charge in [0, 0.05) is 37.3 Å². The Kier molecular flexibility index (Phi) is 5.43. The third-order valence-corrected chi connectivity index (χ3v) is 4.14. The molecule has 0 bridgehead atoms. The second kappa shape index (κ2) is 7.79. The van der Waals surface area contributed by atoms with Gasteiger partial charge in [-0.1, -0.05) is 0 Å². The summed E-state index contributed by atoms with van der Waals surface area (Å²) >= 11 is 0. The van der Waals surface area contributed by atoms with Gasteiger partial charge in [0.15, 0.2) is 11.5 Å². The van der Waals surface area contributed by atoms with Crippen molar-refractivity contribution in [2.75, 3.05) is 24.8 Å². The number of fused-ring (bicyclic) bond motifs is 1. The molecule has 0 unspecified atom stereocenters. The predicted octanol–water partition coefficient (Wildman–Crippen LogP) is 3.22. The number of ether oxygens (including phenoxy) is 2. The summed E-state index contributed by atoms with van der Waals surface area (Å²) in [4.78, 5) is 25.5. The smallest absolute Gasteiger partial charge is 0.416 e. The Morgan fingerprint density at radius 2 is 1.75 bits per heavy atom. The average Bonchev–Trinajstić information content (AvgIpc) is 3.12. The van der Waals surface area contributed by atoms with Crippen LogP contribution in [0.4, 0.5) is 18.9 Å². The number of amides is 2. The van der Waals surface area contributed by atoms with Crippen molar-refractivity contribution in [2.45, 2.75) is 13.1 Å². The summed E-state index contributed by atoms with van der Waals surface area (Å²) in [6.07, 6.45) is -4.46. The van der Waals surface area contributed by atoms with E-state index in [4.69, 9.17) is 9.47 Å². The second-order valence-corrected chi connectivity index (χ2v) is 6.04. The number of hydrogen-bond acceptors (Lipinski definition) is 4. The van der Waals surface area contributed by atoms with Crippen LogP contribution in [0.1, 0.15) is 22.8 Å². The number of anilines is 1. The van der Waals surface area contributed by atoms with Crippen molar-refractivity contribution in [2.24, 2.45) is 0 Å². The van der Waals surface area contributed by atoms with Crippen LogP contribution in [-0.2, 0) is 11.0 Å². The molecule has 2 aromatic rings. The van der Waals surface area contributed by atoms with E-state index in [1.165, 1.54) is 11.8 Å². The zero-order valence-corrected chi connectivity index (χ0v) is 14.9. The second-order valence-electron chi connectivity index (χ2n) is 6.04. The summed E-state index contributed by atoms with van der Waals surface area (Å²) in [6, 6.07) is 8.98. The molecule has 6 nitrogen and oxygen atoms in total. The number of alkyl halides is 3. The SMILES string of the molecule is CC(=O)N(CCNC(=O)c1ccc(C(F)(F)F)cc1)c1ccc2c(c1)OCO2. The van der Waals surface area contributed by atoms with Crippen LogP contribution in [0.3, 0.4) is 0 Å². The molecule has 3 rings (SSSR count). The van der Waals surface area contributed by atoms with Gasteiger partial charge in [-0.25, -0.2) is 0 Å². The number of hydrogen-bond donors (Lipinski definition) is 1. The largest absolute Gasteiger partial charge is 0.454 e. The van der Waals surface area contributed by atoms with Crippen LogP contribution in [0, 0.1) is 0 Å². The van der Waals surface area contributed by atoms with Gasteiger partial charge in [-0.15, -0.1) is 0 Å². The first-order valence-corrected chi connectivity index (χ1v) is 8.39. The fourth-order valence-corrected chi connectivity index (χ4v) is 2.72. The molecule has 1 heterocycles. The Balaban J connectivity index is 1.60. The molecule has 2 amide bonds. The summed E-state index contributed by atoms with van der Waals surface area (Å²) < 4.78 is 48.3. The van der Waals surface area contributed by atoms with Gasteiger partial charge in [0.05, 0.1) is 5.56 Å². The maximum Gasteiger partial charge on any atom is 0.416 e. The van der Waals surface area contributed by atoms with E-state index in [1.54, 1.807) is 18.2 Å². The van der Waals surface area contributed by atoms with Gasteiger partial charge < -0.3 is 19.7 Å². The minimum atomic E-state index is -4.46. The lowest BCUT2D eigenvalue weighted by atomic mass is 10.1. The molecule has 0 saturated carbocycles. The van der Waals surface area contributed by atoms with Crippen molar-refractivity contribution in [3.05, 3.63) is 53.6 Å². The summed E-state index contributed by atoms with van der Waals surface area (Å²) in [6.45, 7) is 1.81. The van der Waals surface area contributed by atoms with Gasteiger partial charge in [0.2, 0.25) is 12.7 Å². The van der Waals surface area contributed by atoms with Gasteiger partial charge in [-0.2, -0.15) is 13.2 Å². The number of rotatable bonds is 5. The van der Waals surface area contributed by atoms with Crippen LogP contribution in [0.5, 0.6) is 11.5 Å². The molecule has 0 saturated heterocycles. The lowest BCUT2D eigenvalue weighted by Crippen LogP contribution is -2.37. The maximum absolute atomic E-state index is 12.6. The molecule has 28 heavy (non-hydrogen) atoms. The molecule has 0 fully saturated rings. The van der Waals surface area contributed by atoms with Gasteiger partial charge in [-0.3, -0.25) is 9.59 Å². The minimum Gasteiger partial charge on any atom is -0.454 e. The van der Waals surface area contributed by atoms with E-state index in [1.807, 2.05) is 0 Å². The topological polar surface area (TPSA) is 67.9 Å². The van der Waals surface area contributed by atoms with E-state index < -0.39 is 17.6 Å². The molecule has 0 atom stereocenters. The zero-order valence-electron chi connectivity index (χ0n) is 14.9. The van der Waals surface area contributed by atoms with Crippen molar-refractivity contribution in [1.82, 2.24) is 5.32 Å². The highest BCUT2D eigenvalue weighted by molar-refractivity contribution is 5.95. The van der Waals surface area contributed by atoms with Gasteiger partial charge in [0.25, 0.3) is 5.91 Å². The highest BCUT2D eigenvalue weighted by Gasteiger charge is 2.30. The molecule has 2 aromatic carbocycles. The summed E-state index contributed by atoms with van der Waals surface area (Å²) in [5.74, 6) is 0.353. The first-order chi connectivity index (χ1) is 13.3. The molecule has 9 heteroatoms. The van der Waals surface area contributed by atoms with Crippen molar-refractivity contribution < 1.29 is 32.2 Å². The van der Waals surface area contributed by atoms with Gasteiger partial charge in [-0.05, 0) is 36.4 Å². The Morgan fingerprint density at radius 3 is 2.39 bits per heavy atom. The quantitative estimate of drug-likeness (QED) is 0.846. The van der Waals surface area contributed by atoms with E-state index in [2.05, 4.69) is 5.32 Å². The molecule has 0 spiro atoms. The first-order valence-electron chi connectivity index (χ1n) is 8.39. The number of benzene rings is 2. The predicted molar refractivity (Wildman–Crippen MR) is 94.4 cm³/mol. The van der Waals surface area contributed by atoms with E-state index >= 15 is 0 Å². The van der Waals surface area contributed by atoms with Crippen molar-refractivity contribution in [3.63, 3.8) is 0 Å². The number of carbonyl (C=O) groups excluding carboxylic acids is 2. The summed E-state index contributed by atoms with van der Waals surface area (Å²) in [5, 5.41) is 2.59. The van der Waals surface area contributed by atoms with Gasteiger partial charge >= 0.3 is 6.18 Å². The number of nitrogens with zero attached hydrogens (tertiary/aromatic N) is 1. The molecular formula is C19H17F3N2O4. The Morgan fingerprint density at radius 1 is 1.07 bits per heavy atom. The average molecular weight is 394 g/mol. The first kappa shape index (κ1) is 19.5. The molecule has 1 aliphatic rings. The molecule has 1 N–H and O–H groups in total. The monoisotopic (exact) mass is 394 g/mol.